The van der Waals surface area contributed by atoms with E-state index in [1.807, 2.05) is 6.07 Å². The molecule has 0 aromatic heterocycles. The molecule has 0 amide bonds. The first-order valence-corrected chi connectivity index (χ1v) is 11.2. The molecule has 0 saturated carbocycles. The van der Waals surface area contributed by atoms with Crippen molar-refractivity contribution in [3.05, 3.63) is 52.1 Å². The van der Waals surface area contributed by atoms with E-state index >= 15 is 0 Å². The maximum atomic E-state index is 13.0. The molecule has 0 aliphatic carbocycles. The summed E-state index contributed by atoms with van der Waals surface area (Å²) < 4.78 is 38.4. The standard InChI is InChI=1S/C20H24N4O6S/c1-4-23(5-2)31(27,28)20-13-16(24(25)26)7-8-17(20)22-21-14(3)15-6-9-18-19(12-15)30-11-10-29-18/h6-9,12-13,22H,4-5,10-11H2,1-3H3. The maximum absolute atomic E-state index is 13.0. The lowest BCUT2D eigenvalue weighted by Gasteiger charge is -2.20. The zero-order valence-corrected chi connectivity index (χ0v) is 18.3. The highest BCUT2D eigenvalue weighted by atomic mass is 32.2. The van der Waals surface area contributed by atoms with Crippen LogP contribution in [0.4, 0.5) is 11.4 Å². The monoisotopic (exact) mass is 448 g/mol. The van der Waals surface area contributed by atoms with E-state index in [9.17, 15) is 18.5 Å². The summed E-state index contributed by atoms with van der Waals surface area (Å²) >= 11 is 0. The molecule has 1 aliphatic rings. The second kappa shape index (κ2) is 9.31. The summed E-state index contributed by atoms with van der Waals surface area (Å²) in [5, 5.41) is 15.5. The number of fused-ring (bicyclic) bond motifs is 1. The maximum Gasteiger partial charge on any atom is 0.270 e. The van der Waals surface area contributed by atoms with Gasteiger partial charge in [0.1, 0.15) is 18.1 Å². The lowest BCUT2D eigenvalue weighted by Crippen LogP contribution is -2.31. The lowest BCUT2D eigenvalue weighted by atomic mass is 10.1. The minimum Gasteiger partial charge on any atom is -0.486 e. The third kappa shape index (κ3) is 4.78. The number of nitrogens with one attached hydrogen (secondary N) is 1. The summed E-state index contributed by atoms with van der Waals surface area (Å²) in [5.74, 6) is 1.26. The average Bonchev–Trinajstić information content (AvgIpc) is 2.77. The molecule has 0 saturated heterocycles. The third-order valence-corrected chi connectivity index (χ3v) is 6.89. The van der Waals surface area contributed by atoms with Crippen LogP contribution in [0.25, 0.3) is 0 Å². The number of anilines is 1. The quantitative estimate of drug-likeness (QED) is 0.373. The van der Waals surface area contributed by atoms with Crippen molar-refractivity contribution in [1.82, 2.24) is 4.31 Å². The van der Waals surface area contributed by atoms with Crippen LogP contribution in [-0.4, -0.2) is 49.7 Å². The Kier molecular flexibility index (Phi) is 6.76. The summed E-state index contributed by atoms with van der Waals surface area (Å²) in [6.07, 6.45) is 0. The summed E-state index contributed by atoms with van der Waals surface area (Å²) in [6, 6.07) is 9.01. The Balaban J connectivity index is 1.96. The fraction of sp³-hybridized carbons (Fsp3) is 0.350. The third-order valence-electron chi connectivity index (χ3n) is 4.80. The Hall–Kier alpha value is -3.18. The van der Waals surface area contributed by atoms with Crippen molar-refractivity contribution in [2.45, 2.75) is 25.7 Å². The van der Waals surface area contributed by atoms with Gasteiger partial charge >= 0.3 is 0 Å². The molecule has 3 rings (SSSR count). The molecule has 31 heavy (non-hydrogen) atoms. The molecule has 2 aromatic carbocycles. The van der Waals surface area contributed by atoms with Crippen molar-refractivity contribution in [2.75, 3.05) is 31.7 Å². The van der Waals surface area contributed by atoms with Crippen LogP contribution >= 0.6 is 0 Å². The number of sulfonamides is 1. The van der Waals surface area contributed by atoms with Crippen LogP contribution in [0.2, 0.25) is 0 Å². The average molecular weight is 449 g/mol. The summed E-state index contributed by atoms with van der Waals surface area (Å²) in [4.78, 5) is 10.4. The Morgan fingerprint density at radius 3 is 2.45 bits per heavy atom. The van der Waals surface area contributed by atoms with Crippen molar-refractivity contribution in [2.24, 2.45) is 5.10 Å². The first kappa shape index (κ1) is 22.5. The van der Waals surface area contributed by atoms with Gasteiger partial charge in [0.15, 0.2) is 11.5 Å². The number of hydrogen-bond donors (Lipinski definition) is 1. The largest absolute Gasteiger partial charge is 0.486 e. The molecule has 166 valence electrons. The second-order valence-corrected chi connectivity index (χ2v) is 8.60. The zero-order chi connectivity index (χ0) is 22.6. The Labute approximate surface area is 180 Å². The topological polar surface area (TPSA) is 123 Å². The van der Waals surface area contributed by atoms with Crippen molar-refractivity contribution in [1.29, 1.82) is 0 Å². The van der Waals surface area contributed by atoms with Crippen molar-refractivity contribution < 1.29 is 22.8 Å². The number of ether oxygens (including phenoxy) is 2. The van der Waals surface area contributed by atoms with Gasteiger partial charge in [-0.2, -0.15) is 9.41 Å². The van der Waals surface area contributed by atoms with E-state index in [1.54, 1.807) is 32.9 Å². The molecule has 1 aliphatic heterocycles. The van der Waals surface area contributed by atoms with Crippen LogP contribution in [0.5, 0.6) is 11.5 Å². The van der Waals surface area contributed by atoms with E-state index in [-0.39, 0.29) is 29.4 Å². The molecule has 2 aromatic rings. The molecular formula is C20H24N4O6S. The molecule has 1 N–H and O–H groups in total. The van der Waals surface area contributed by atoms with E-state index in [0.717, 1.165) is 11.6 Å². The molecule has 1 heterocycles. The fourth-order valence-electron chi connectivity index (χ4n) is 3.11. The number of hydrogen-bond acceptors (Lipinski definition) is 8. The van der Waals surface area contributed by atoms with E-state index in [0.29, 0.717) is 30.4 Å². The number of non-ortho nitro benzene ring substituents is 1. The van der Waals surface area contributed by atoms with E-state index < -0.39 is 14.9 Å². The Morgan fingerprint density at radius 1 is 1.13 bits per heavy atom. The van der Waals surface area contributed by atoms with Crippen LogP contribution in [0.15, 0.2) is 46.4 Å². The molecule has 0 fully saturated rings. The molecule has 0 unspecified atom stereocenters. The minimum atomic E-state index is -3.95. The number of nitro benzene ring substituents is 1. The van der Waals surface area contributed by atoms with Crippen molar-refractivity contribution in [3.63, 3.8) is 0 Å². The first-order chi connectivity index (χ1) is 14.8. The highest BCUT2D eigenvalue weighted by Gasteiger charge is 2.27. The number of rotatable bonds is 8. The molecular weight excluding hydrogens is 424 g/mol. The van der Waals surface area contributed by atoms with Gasteiger partial charge in [0.05, 0.1) is 16.3 Å². The van der Waals surface area contributed by atoms with E-state index in [2.05, 4.69) is 10.5 Å². The van der Waals surface area contributed by atoms with E-state index in [4.69, 9.17) is 9.47 Å². The van der Waals surface area contributed by atoms with Gasteiger partial charge in [0, 0.05) is 30.8 Å². The molecule has 0 spiro atoms. The van der Waals surface area contributed by atoms with Gasteiger partial charge in [-0.3, -0.25) is 15.5 Å². The van der Waals surface area contributed by atoms with Crippen molar-refractivity contribution >= 4 is 27.1 Å². The fourth-order valence-corrected chi connectivity index (χ4v) is 4.73. The SMILES string of the molecule is CCN(CC)S(=O)(=O)c1cc([N+](=O)[O-])ccc1NN=C(C)c1ccc2c(c1)OCCO2. The number of benzene rings is 2. The van der Waals surface area contributed by atoms with Crippen LogP contribution in [0.1, 0.15) is 26.3 Å². The Bertz CT molecular complexity index is 1110. The van der Waals surface area contributed by atoms with Gasteiger partial charge in [0.25, 0.3) is 5.69 Å². The summed E-state index contributed by atoms with van der Waals surface area (Å²) in [7, 11) is -3.95. The second-order valence-electron chi connectivity index (χ2n) is 6.69. The number of nitro groups is 1. The van der Waals surface area contributed by atoms with Gasteiger partial charge in [-0.1, -0.05) is 13.8 Å². The van der Waals surface area contributed by atoms with Crippen LogP contribution in [-0.2, 0) is 10.0 Å². The van der Waals surface area contributed by atoms with Crippen LogP contribution < -0.4 is 14.9 Å². The molecule has 0 bridgehead atoms. The van der Waals surface area contributed by atoms with Gasteiger partial charge in [-0.25, -0.2) is 8.42 Å². The summed E-state index contributed by atoms with van der Waals surface area (Å²) in [5.41, 5.74) is 3.91. The van der Waals surface area contributed by atoms with Crippen LogP contribution in [0, 0.1) is 10.1 Å². The predicted molar refractivity (Wildman–Crippen MR) is 116 cm³/mol. The van der Waals surface area contributed by atoms with Gasteiger partial charge in [0.2, 0.25) is 10.0 Å². The van der Waals surface area contributed by atoms with E-state index in [1.165, 1.54) is 16.4 Å². The minimum absolute atomic E-state index is 0.148. The molecule has 10 nitrogen and oxygen atoms in total. The molecule has 0 atom stereocenters. The van der Waals surface area contributed by atoms with Crippen molar-refractivity contribution in [3.8, 4) is 11.5 Å². The first-order valence-electron chi connectivity index (χ1n) is 9.76. The van der Waals surface area contributed by atoms with Gasteiger partial charge < -0.3 is 9.47 Å². The van der Waals surface area contributed by atoms with Gasteiger partial charge in [-0.15, -0.1) is 0 Å². The highest BCUT2D eigenvalue weighted by molar-refractivity contribution is 7.89. The van der Waals surface area contributed by atoms with Crippen LogP contribution in [0.3, 0.4) is 0 Å². The van der Waals surface area contributed by atoms with Gasteiger partial charge in [-0.05, 0) is 31.2 Å². The molecule has 0 radical (unpaired) electrons. The normalized spacial score (nSPS) is 13.9. The lowest BCUT2D eigenvalue weighted by molar-refractivity contribution is -0.385. The number of hydrazone groups is 1. The predicted octanol–water partition coefficient (Wildman–Crippen LogP) is 3.23. The highest BCUT2D eigenvalue weighted by Crippen LogP contribution is 2.32. The zero-order valence-electron chi connectivity index (χ0n) is 17.5. The smallest absolute Gasteiger partial charge is 0.270 e. The Morgan fingerprint density at radius 2 is 1.81 bits per heavy atom. The number of nitrogens with zero attached hydrogens (tertiary/aromatic N) is 3. The summed E-state index contributed by atoms with van der Waals surface area (Å²) in [6.45, 7) is 6.58. The molecule has 11 heteroatoms.